The van der Waals surface area contributed by atoms with Crippen LogP contribution in [-0.4, -0.2) is 30.8 Å². The summed E-state index contributed by atoms with van der Waals surface area (Å²) in [5, 5.41) is 11.7. The highest BCUT2D eigenvalue weighted by Gasteiger charge is 2.04. The van der Waals surface area contributed by atoms with Gasteiger partial charge in [-0.25, -0.2) is 0 Å². The standard InChI is InChI=1S/C15H23NO3/c1-12(10-17)6-5-9-16-15(18)11-19-14-8-4-3-7-13(14)2/h3-4,7-8,12,17H,5-6,9-11H2,1-2H3,(H,16,18). The van der Waals surface area contributed by atoms with E-state index in [1.54, 1.807) is 0 Å². The van der Waals surface area contributed by atoms with Crippen molar-refractivity contribution in [1.82, 2.24) is 5.32 Å². The number of benzene rings is 1. The number of aliphatic hydroxyl groups is 1. The van der Waals surface area contributed by atoms with Crippen LogP contribution in [0.5, 0.6) is 5.75 Å². The molecule has 0 fully saturated rings. The number of amides is 1. The predicted octanol–water partition coefficient (Wildman–Crippen LogP) is 1.90. The molecule has 1 amide bonds. The van der Waals surface area contributed by atoms with Gasteiger partial charge in [0, 0.05) is 13.2 Å². The molecule has 0 radical (unpaired) electrons. The van der Waals surface area contributed by atoms with E-state index in [-0.39, 0.29) is 19.1 Å². The molecule has 0 spiro atoms. The maximum atomic E-state index is 11.6. The summed E-state index contributed by atoms with van der Waals surface area (Å²) in [6.07, 6.45) is 1.78. The third-order valence-electron chi connectivity index (χ3n) is 2.96. The fourth-order valence-corrected chi connectivity index (χ4v) is 1.68. The minimum atomic E-state index is -0.111. The van der Waals surface area contributed by atoms with Crippen molar-refractivity contribution >= 4 is 5.91 Å². The van der Waals surface area contributed by atoms with Gasteiger partial charge in [-0.2, -0.15) is 0 Å². The SMILES string of the molecule is Cc1ccccc1OCC(=O)NCCCC(C)CO. The van der Waals surface area contributed by atoms with Crippen LogP contribution >= 0.6 is 0 Å². The molecule has 0 bridgehead atoms. The molecule has 106 valence electrons. The molecule has 1 unspecified atom stereocenters. The summed E-state index contributed by atoms with van der Waals surface area (Å²) < 4.78 is 5.45. The number of hydrogen-bond acceptors (Lipinski definition) is 3. The number of hydrogen-bond donors (Lipinski definition) is 2. The molecule has 0 aliphatic carbocycles. The lowest BCUT2D eigenvalue weighted by Gasteiger charge is -2.10. The molecule has 1 aromatic rings. The van der Waals surface area contributed by atoms with Crippen LogP contribution in [0.15, 0.2) is 24.3 Å². The van der Waals surface area contributed by atoms with Gasteiger partial charge in [-0.05, 0) is 37.3 Å². The van der Waals surface area contributed by atoms with Gasteiger partial charge in [-0.15, -0.1) is 0 Å². The molecule has 4 nitrogen and oxygen atoms in total. The van der Waals surface area contributed by atoms with Gasteiger partial charge in [0.05, 0.1) is 0 Å². The van der Waals surface area contributed by atoms with Gasteiger partial charge < -0.3 is 15.2 Å². The molecular weight excluding hydrogens is 242 g/mol. The normalized spacial score (nSPS) is 11.9. The highest BCUT2D eigenvalue weighted by molar-refractivity contribution is 5.77. The second-order valence-corrected chi connectivity index (χ2v) is 4.83. The van der Waals surface area contributed by atoms with E-state index in [2.05, 4.69) is 5.32 Å². The summed E-state index contributed by atoms with van der Waals surface area (Å²) in [6.45, 7) is 4.80. The largest absolute Gasteiger partial charge is 0.484 e. The Balaban J connectivity index is 2.16. The van der Waals surface area contributed by atoms with Crippen LogP contribution in [0.4, 0.5) is 0 Å². The minimum absolute atomic E-state index is 0.0421. The van der Waals surface area contributed by atoms with Gasteiger partial charge in [-0.1, -0.05) is 25.1 Å². The summed E-state index contributed by atoms with van der Waals surface area (Å²) in [5.74, 6) is 0.923. The van der Waals surface area contributed by atoms with Crippen molar-refractivity contribution in [2.75, 3.05) is 19.8 Å². The molecule has 0 saturated carbocycles. The van der Waals surface area contributed by atoms with E-state index in [9.17, 15) is 4.79 Å². The van der Waals surface area contributed by atoms with Gasteiger partial charge in [0.15, 0.2) is 6.61 Å². The third-order valence-corrected chi connectivity index (χ3v) is 2.96. The van der Waals surface area contributed by atoms with E-state index in [1.807, 2.05) is 38.1 Å². The molecule has 0 aliphatic heterocycles. The highest BCUT2D eigenvalue weighted by atomic mass is 16.5. The van der Waals surface area contributed by atoms with Crippen LogP contribution in [0.2, 0.25) is 0 Å². The van der Waals surface area contributed by atoms with Crippen molar-refractivity contribution < 1.29 is 14.6 Å². The van der Waals surface area contributed by atoms with Gasteiger partial charge in [0.2, 0.25) is 0 Å². The monoisotopic (exact) mass is 265 g/mol. The lowest BCUT2D eigenvalue weighted by Crippen LogP contribution is -2.30. The zero-order valence-electron chi connectivity index (χ0n) is 11.7. The molecule has 1 aromatic carbocycles. The topological polar surface area (TPSA) is 58.6 Å². The molecule has 0 heterocycles. The number of aryl methyl sites for hydroxylation is 1. The van der Waals surface area contributed by atoms with Crippen LogP contribution in [0.3, 0.4) is 0 Å². The third kappa shape index (κ3) is 6.25. The van der Waals surface area contributed by atoms with Crippen molar-refractivity contribution in [2.24, 2.45) is 5.92 Å². The van der Waals surface area contributed by atoms with E-state index in [4.69, 9.17) is 9.84 Å². The first-order chi connectivity index (χ1) is 9.13. The van der Waals surface area contributed by atoms with E-state index < -0.39 is 0 Å². The number of nitrogens with one attached hydrogen (secondary N) is 1. The fraction of sp³-hybridized carbons (Fsp3) is 0.533. The summed E-state index contributed by atoms with van der Waals surface area (Å²) in [6, 6.07) is 7.62. The van der Waals surface area contributed by atoms with Crippen molar-refractivity contribution in [1.29, 1.82) is 0 Å². The number of ether oxygens (including phenoxy) is 1. The summed E-state index contributed by atoms with van der Waals surface area (Å²) in [7, 11) is 0. The van der Waals surface area contributed by atoms with Gasteiger partial charge in [0.1, 0.15) is 5.75 Å². The Hall–Kier alpha value is -1.55. The van der Waals surface area contributed by atoms with E-state index in [0.717, 1.165) is 24.2 Å². The van der Waals surface area contributed by atoms with E-state index in [0.29, 0.717) is 12.5 Å². The van der Waals surface area contributed by atoms with E-state index in [1.165, 1.54) is 0 Å². The van der Waals surface area contributed by atoms with Crippen LogP contribution in [0.25, 0.3) is 0 Å². The first-order valence-electron chi connectivity index (χ1n) is 6.69. The molecule has 4 heteroatoms. The van der Waals surface area contributed by atoms with Crippen molar-refractivity contribution in [3.63, 3.8) is 0 Å². The zero-order chi connectivity index (χ0) is 14.1. The molecule has 0 aromatic heterocycles. The molecule has 1 atom stereocenters. The number of aliphatic hydroxyl groups excluding tert-OH is 1. The lowest BCUT2D eigenvalue weighted by atomic mass is 10.1. The average Bonchev–Trinajstić information content (AvgIpc) is 2.42. The number of para-hydroxylation sites is 1. The summed E-state index contributed by atoms with van der Waals surface area (Å²) in [5.41, 5.74) is 1.02. The number of carbonyl (C=O) groups is 1. The van der Waals surface area contributed by atoms with Gasteiger partial charge >= 0.3 is 0 Å². The fourth-order valence-electron chi connectivity index (χ4n) is 1.68. The quantitative estimate of drug-likeness (QED) is 0.706. The summed E-state index contributed by atoms with van der Waals surface area (Å²) >= 11 is 0. The second-order valence-electron chi connectivity index (χ2n) is 4.83. The van der Waals surface area contributed by atoms with Crippen LogP contribution < -0.4 is 10.1 Å². The highest BCUT2D eigenvalue weighted by Crippen LogP contribution is 2.15. The van der Waals surface area contributed by atoms with Crippen molar-refractivity contribution in [3.8, 4) is 5.75 Å². The average molecular weight is 265 g/mol. The first-order valence-corrected chi connectivity index (χ1v) is 6.69. The second kappa shape index (κ2) is 8.53. The first kappa shape index (κ1) is 15.5. The Bertz CT molecular complexity index is 393. The Morgan fingerprint density at radius 1 is 1.42 bits per heavy atom. The molecule has 1 rings (SSSR count). The molecule has 19 heavy (non-hydrogen) atoms. The Morgan fingerprint density at radius 3 is 2.84 bits per heavy atom. The minimum Gasteiger partial charge on any atom is -0.484 e. The van der Waals surface area contributed by atoms with Crippen LogP contribution in [0.1, 0.15) is 25.3 Å². The predicted molar refractivity (Wildman–Crippen MR) is 75.2 cm³/mol. The van der Waals surface area contributed by atoms with E-state index >= 15 is 0 Å². The number of carbonyl (C=O) groups excluding carboxylic acids is 1. The zero-order valence-corrected chi connectivity index (χ0v) is 11.7. The number of rotatable bonds is 8. The Labute approximate surface area is 114 Å². The smallest absolute Gasteiger partial charge is 0.257 e. The molecule has 2 N–H and O–H groups in total. The van der Waals surface area contributed by atoms with Crippen LogP contribution in [-0.2, 0) is 4.79 Å². The molecule has 0 saturated heterocycles. The van der Waals surface area contributed by atoms with Crippen molar-refractivity contribution in [3.05, 3.63) is 29.8 Å². The molecule has 0 aliphatic rings. The van der Waals surface area contributed by atoms with Gasteiger partial charge in [-0.3, -0.25) is 4.79 Å². The Morgan fingerprint density at radius 2 is 2.16 bits per heavy atom. The van der Waals surface area contributed by atoms with Gasteiger partial charge in [0.25, 0.3) is 5.91 Å². The maximum absolute atomic E-state index is 11.6. The molecular formula is C15H23NO3. The lowest BCUT2D eigenvalue weighted by molar-refractivity contribution is -0.123. The maximum Gasteiger partial charge on any atom is 0.257 e. The Kier molecular flexibility index (Phi) is 6.97. The van der Waals surface area contributed by atoms with Crippen molar-refractivity contribution in [2.45, 2.75) is 26.7 Å². The summed E-state index contributed by atoms with van der Waals surface area (Å²) in [4.78, 5) is 11.6. The van der Waals surface area contributed by atoms with Crippen LogP contribution in [0, 0.1) is 12.8 Å².